The molecule has 3 aromatic rings. The highest BCUT2D eigenvalue weighted by Crippen LogP contribution is 2.39. The Kier molecular flexibility index (Phi) is 7.55. The SMILES string of the molecule is CNC(CC(C(=O)N1CCCC1c1ccnc(-n2ccc3cc(F)ccc32)c1)C1CCCCC1)C(N)=O. The molecule has 0 bridgehead atoms. The zero-order valence-corrected chi connectivity index (χ0v) is 21.4. The maximum Gasteiger partial charge on any atom is 0.234 e. The first kappa shape index (κ1) is 25.4. The third-order valence-corrected chi connectivity index (χ3v) is 8.31. The quantitative estimate of drug-likeness (QED) is 0.472. The predicted octanol–water partition coefficient (Wildman–Crippen LogP) is 4.49. The highest BCUT2D eigenvalue weighted by Gasteiger charge is 2.39. The number of pyridine rings is 1. The summed E-state index contributed by atoms with van der Waals surface area (Å²) >= 11 is 0. The predicted molar refractivity (Wildman–Crippen MR) is 141 cm³/mol. The minimum absolute atomic E-state index is 0.0405. The van der Waals surface area contributed by atoms with Gasteiger partial charge in [-0.25, -0.2) is 9.37 Å². The van der Waals surface area contributed by atoms with E-state index >= 15 is 0 Å². The molecular weight excluding hydrogens is 469 g/mol. The number of fused-ring (bicyclic) bond motifs is 1. The van der Waals surface area contributed by atoms with Gasteiger partial charge in [-0.15, -0.1) is 0 Å². The van der Waals surface area contributed by atoms with Crippen LogP contribution in [0.1, 0.15) is 63.0 Å². The van der Waals surface area contributed by atoms with E-state index in [-0.39, 0.29) is 29.6 Å². The van der Waals surface area contributed by atoms with Crippen molar-refractivity contribution >= 4 is 22.7 Å². The number of halogens is 1. The molecule has 2 aromatic heterocycles. The number of carbonyl (C=O) groups excluding carboxylic acids is 2. The molecule has 3 unspecified atom stereocenters. The molecule has 2 amide bonds. The van der Waals surface area contributed by atoms with Crippen molar-refractivity contribution in [2.45, 2.75) is 63.5 Å². The van der Waals surface area contributed by atoms with Crippen molar-refractivity contribution < 1.29 is 14.0 Å². The first-order valence-electron chi connectivity index (χ1n) is 13.5. The van der Waals surface area contributed by atoms with Gasteiger partial charge in [-0.05, 0) is 87.0 Å². The highest BCUT2D eigenvalue weighted by atomic mass is 19.1. The number of carbonyl (C=O) groups is 2. The van der Waals surface area contributed by atoms with E-state index in [2.05, 4.69) is 10.3 Å². The van der Waals surface area contributed by atoms with Gasteiger partial charge in [-0.2, -0.15) is 0 Å². The van der Waals surface area contributed by atoms with E-state index in [9.17, 15) is 14.0 Å². The van der Waals surface area contributed by atoms with Gasteiger partial charge in [0, 0.05) is 30.2 Å². The van der Waals surface area contributed by atoms with Crippen LogP contribution in [0.4, 0.5) is 4.39 Å². The minimum Gasteiger partial charge on any atom is -0.368 e. The second-order valence-electron chi connectivity index (χ2n) is 10.5. The summed E-state index contributed by atoms with van der Waals surface area (Å²) in [4.78, 5) is 32.8. The lowest BCUT2D eigenvalue weighted by atomic mass is 9.76. The van der Waals surface area contributed by atoms with Crippen LogP contribution in [0.25, 0.3) is 16.7 Å². The molecule has 2 fully saturated rings. The molecule has 8 heteroatoms. The van der Waals surface area contributed by atoms with Crippen LogP contribution in [-0.2, 0) is 9.59 Å². The summed E-state index contributed by atoms with van der Waals surface area (Å²) < 4.78 is 15.6. The van der Waals surface area contributed by atoms with Crippen molar-refractivity contribution in [3.05, 3.63) is 60.2 Å². The number of rotatable bonds is 8. The molecule has 3 atom stereocenters. The Hall–Kier alpha value is -3.26. The van der Waals surface area contributed by atoms with Crippen LogP contribution in [0.2, 0.25) is 0 Å². The molecule has 3 heterocycles. The molecule has 1 saturated carbocycles. The summed E-state index contributed by atoms with van der Waals surface area (Å²) in [5, 5.41) is 3.83. The van der Waals surface area contributed by atoms with Crippen molar-refractivity contribution in [1.29, 1.82) is 0 Å². The number of likely N-dealkylation sites (tertiary alicyclic amines) is 1. The van der Waals surface area contributed by atoms with Crippen molar-refractivity contribution in [2.24, 2.45) is 17.6 Å². The molecule has 1 aliphatic heterocycles. The summed E-state index contributed by atoms with van der Waals surface area (Å²) in [7, 11) is 1.73. The van der Waals surface area contributed by atoms with E-state index < -0.39 is 11.9 Å². The molecule has 37 heavy (non-hydrogen) atoms. The van der Waals surface area contributed by atoms with Gasteiger partial charge in [0.15, 0.2) is 0 Å². The monoisotopic (exact) mass is 505 g/mol. The van der Waals surface area contributed by atoms with Crippen molar-refractivity contribution in [3.8, 4) is 5.82 Å². The molecule has 5 rings (SSSR count). The van der Waals surface area contributed by atoms with Crippen LogP contribution < -0.4 is 11.1 Å². The number of hydrogen-bond acceptors (Lipinski definition) is 4. The topological polar surface area (TPSA) is 93.2 Å². The maximum atomic E-state index is 14.1. The standard InChI is InChI=1S/C29H36FN5O2/c1-32-24(28(31)36)18-23(19-6-3-2-4-7-19)29(37)35-14-5-8-25(35)20-11-13-33-27(17-20)34-15-12-21-16-22(30)9-10-26(21)34/h9-13,15-17,19,23-25,32H,2-8,14,18H2,1H3,(H2,31,36). The van der Waals surface area contributed by atoms with Gasteiger partial charge in [0.05, 0.1) is 17.6 Å². The van der Waals surface area contributed by atoms with Crippen LogP contribution in [-0.4, -0.2) is 45.9 Å². The normalized spacial score (nSPS) is 20.3. The van der Waals surface area contributed by atoms with E-state index in [0.29, 0.717) is 13.0 Å². The highest BCUT2D eigenvalue weighted by molar-refractivity contribution is 5.84. The Labute approximate surface area is 217 Å². The molecule has 0 spiro atoms. The fourth-order valence-corrected chi connectivity index (χ4v) is 6.34. The summed E-state index contributed by atoms with van der Waals surface area (Å²) in [6.45, 7) is 0.705. The smallest absolute Gasteiger partial charge is 0.234 e. The van der Waals surface area contributed by atoms with Crippen LogP contribution in [0.3, 0.4) is 0 Å². The van der Waals surface area contributed by atoms with E-state index in [1.807, 2.05) is 33.9 Å². The zero-order chi connectivity index (χ0) is 25.9. The van der Waals surface area contributed by atoms with E-state index in [1.54, 1.807) is 19.3 Å². The second-order valence-corrected chi connectivity index (χ2v) is 10.5. The van der Waals surface area contributed by atoms with Gasteiger partial charge >= 0.3 is 0 Å². The van der Waals surface area contributed by atoms with Gasteiger partial charge < -0.3 is 20.5 Å². The number of primary amides is 1. The molecule has 2 aliphatic rings. The first-order chi connectivity index (χ1) is 18.0. The molecule has 3 N–H and O–H groups in total. The molecule has 1 aliphatic carbocycles. The van der Waals surface area contributed by atoms with Crippen LogP contribution in [0.5, 0.6) is 0 Å². The number of nitrogens with one attached hydrogen (secondary N) is 1. The van der Waals surface area contributed by atoms with Gasteiger partial charge in [-0.3, -0.25) is 9.59 Å². The zero-order valence-electron chi connectivity index (χ0n) is 21.4. The third kappa shape index (κ3) is 5.25. The van der Waals surface area contributed by atoms with Crippen LogP contribution >= 0.6 is 0 Å². The lowest BCUT2D eigenvalue weighted by Crippen LogP contribution is -2.46. The summed E-state index contributed by atoms with van der Waals surface area (Å²) in [5.41, 5.74) is 7.58. The largest absolute Gasteiger partial charge is 0.368 e. The molecule has 1 aromatic carbocycles. The van der Waals surface area contributed by atoms with E-state index in [1.165, 1.54) is 18.6 Å². The Balaban J connectivity index is 1.42. The lowest BCUT2D eigenvalue weighted by Gasteiger charge is -2.36. The summed E-state index contributed by atoms with van der Waals surface area (Å²) in [6.07, 6.45) is 11.4. The van der Waals surface area contributed by atoms with Gasteiger partial charge in [0.1, 0.15) is 11.6 Å². The summed E-state index contributed by atoms with van der Waals surface area (Å²) in [6, 6.07) is 10.1. The molecule has 7 nitrogen and oxygen atoms in total. The number of benzene rings is 1. The lowest BCUT2D eigenvalue weighted by molar-refractivity contribution is -0.139. The van der Waals surface area contributed by atoms with Crippen LogP contribution in [0.15, 0.2) is 48.8 Å². The second kappa shape index (κ2) is 11.0. The molecule has 196 valence electrons. The average molecular weight is 506 g/mol. The molecule has 1 saturated heterocycles. The molecular formula is C29H36FN5O2. The van der Waals surface area contributed by atoms with Crippen molar-refractivity contribution in [3.63, 3.8) is 0 Å². The van der Waals surface area contributed by atoms with Gasteiger partial charge in [-0.1, -0.05) is 19.3 Å². The first-order valence-corrected chi connectivity index (χ1v) is 13.5. The van der Waals surface area contributed by atoms with Gasteiger partial charge in [0.2, 0.25) is 11.8 Å². The number of aromatic nitrogens is 2. The Morgan fingerprint density at radius 3 is 2.68 bits per heavy atom. The third-order valence-electron chi connectivity index (χ3n) is 8.31. The van der Waals surface area contributed by atoms with Crippen molar-refractivity contribution in [2.75, 3.05) is 13.6 Å². The fraction of sp³-hybridized carbons (Fsp3) is 0.483. The average Bonchev–Trinajstić information content (AvgIpc) is 3.57. The fourth-order valence-electron chi connectivity index (χ4n) is 6.34. The number of amides is 2. The van der Waals surface area contributed by atoms with Gasteiger partial charge in [0.25, 0.3) is 0 Å². The Morgan fingerprint density at radius 2 is 1.92 bits per heavy atom. The Bertz CT molecular complexity index is 1270. The number of likely N-dealkylation sites (N-methyl/N-ethyl adjacent to an activating group) is 1. The van der Waals surface area contributed by atoms with E-state index in [0.717, 1.165) is 60.8 Å². The minimum atomic E-state index is -0.517. The maximum absolute atomic E-state index is 14.1. The number of nitrogens with two attached hydrogens (primary N) is 1. The molecule has 0 radical (unpaired) electrons. The number of hydrogen-bond donors (Lipinski definition) is 2. The number of nitrogens with zero attached hydrogens (tertiary/aromatic N) is 3. The van der Waals surface area contributed by atoms with Crippen molar-refractivity contribution in [1.82, 2.24) is 19.8 Å². The Morgan fingerprint density at radius 1 is 1.11 bits per heavy atom. The summed E-state index contributed by atoms with van der Waals surface area (Å²) in [5.74, 6) is 0.248. The van der Waals surface area contributed by atoms with E-state index in [4.69, 9.17) is 5.73 Å². The van der Waals surface area contributed by atoms with Crippen LogP contribution in [0, 0.1) is 17.7 Å².